The van der Waals surface area contributed by atoms with E-state index in [9.17, 15) is 10.2 Å². The molecule has 5 nitrogen and oxygen atoms in total. The van der Waals surface area contributed by atoms with Crippen molar-refractivity contribution in [2.24, 2.45) is 0 Å². The molecule has 4 unspecified atom stereocenters. The highest BCUT2D eigenvalue weighted by atomic mass is 16.5. The molecule has 1 fully saturated rings. The van der Waals surface area contributed by atoms with E-state index in [0.29, 0.717) is 13.2 Å². The summed E-state index contributed by atoms with van der Waals surface area (Å²) in [4.78, 5) is 0. The van der Waals surface area contributed by atoms with Crippen LogP contribution in [0.5, 0.6) is 0 Å². The first-order valence-electron chi connectivity index (χ1n) is 6.08. The van der Waals surface area contributed by atoms with Crippen LogP contribution in [-0.4, -0.2) is 52.8 Å². The Bertz CT molecular complexity index is 359. The largest absolute Gasteiger partial charge is 0.395 e. The van der Waals surface area contributed by atoms with Gasteiger partial charge in [0.1, 0.15) is 6.10 Å². The topological polar surface area (TPSA) is 82.0 Å². The first-order chi connectivity index (χ1) is 8.72. The van der Waals surface area contributed by atoms with Crippen LogP contribution in [0.25, 0.3) is 0 Å². The molecule has 0 radical (unpaired) electrons. The second-order valence-electron chi connectivity index (χ2n) is 4.51. The van der Waals surface area contributed by atoms with Gasteiger partial charge in [0.25, 0.3) is 0 Å². The fraction of sp³-hybridized carbons (Fsp3) is 0.538. The zero-order valence-electron chi connectivity index (χ0n) is 10.1. The number of hydrogen-bond acceptors (Lipinski definition) is 5. The lowest BCUT2D eigenvalue weighted by molar-refractivity contribution is -0.128. The van der Waals surface area contributed by atoms with Crippen molar-refractivity contribution >= 4 is 0 Å². The van der Waals surface area contributed by atoms with Crippen molar-refractivity contribution in [3.63, 3.8) is 0 Å². The summed E-state index contributed by atoms with van der Waals surface area (Å²) in [5.41, 5.74) is 1.02. The van der Waals surface area contributed by atoms with Crippen molar-refractivity contribution in [2.75, 3.05) is 13.2 Å². The van der Waals surface area contributed by atoms with Gasteiger partial charge in [-0.3, -0.25) is 0 Å². The quantitative estimate of drug-likeness (QED) is 0.568. The number of ether oxygens (including phenoxy) is 1. The minimum Gasteiger partial charge on any atom is -0.395 e. The Labute approximate surface area is 106 Å². The van der Waals surface area contributed by atoms with Crippen molar-refractivity contribution < 1.29 is 20.1 Å². The van der Waals surface area contributed by atoms with E-state index in [1.807, 2.05) is 30.3 Å². The van der Waals surface area contributed by atoms with Crippen LogP contribution >= 0.6 is 0 Å². The van der Waals surface area contributed by atoms with Crippen molar-refractivity contribution in [2.45, 2.75) is 31.0 Å². The molecule has 0 bridgehead atoms. The van der Waals surface area contributed by atoms with Gasteiger partial charge in [0.2, 0.25) is 0 Å². The van der Waals surface area contributed by atoms with E-state index in [1.54, 1.807) is 0 Å². The Morgan fingerprint density at radius 2 is 1.89 bits per heavy atom. The van der Waals surface area contributed by atoms with Crippen LogP contribution < -0.4 is 5.32 Å². The van der Waals surface area contributed by atoms with Crippen molar-refractivity contribution in [3.8, 4) is 0 Å². The summed E-state index contributed by atoms with van der Waals surface area (Å²) in [6, 6.07) is 9.16. The van der Waals surface area contributed by atoms with Gasteiger partial charge >= 0.3 is 0 Å². The lowest BCUT2D eigenvalue weighted by Gasteiger charge is -2.37. The van der Waals surface area contributed by atoms with Crippen molar-refractivity contribution in [1.82, 2.24) is 5.32 Å². The molecule has 0 spiro atoms. The summed E-state index contributed by atoms with van der Waals surface area (Å²) in [7, 11) is 0. The third kappa shape index (κ3) is 3.07. The fourth-order valence-electron chi connectivity index (χ4n) is 2.07. The van der Waals surface area contributed by atoms with E-state index in [0.717, 1.165) is 5.56 Å². The van der Waals surface area contributed by atoms with Gasteiger partial charge in [0.05, 0.1) is 31.5 Å². The molecule has 0 saturated carbocycles. The van der Waals surface area contributed by atoms with Gasteiger partial charge in [0.15, 0.2) is 0 Å². The van der Waals surface area contributed by atoms with Gasteiger partial charge in [-0.2, -0.15) is 0 Å². The molecule has 2 rings (SSSR count). The van der Waals surface area contributed by atoms with Crippen molar-refractivity contribution in [3.05, 3.63) is 35.9 Å². The molecule has 18 heavy (non-hydrogen) atoms. The summed E-state index contributed by atoms with van der Waals surface area (Å²) < 4.78 is 5.59. The minimum atomic E-state index is -1.01. The summed E-state index contributed by atoms with van der Waals surface area (Å²) in [5.74, 6) is 0. The van der Waals surface area contributed by atoms with Crippen LogP contribution in [0, 0.1) is 0 Å². The van der Waals surface area contributed by atoms with E-state index in [-0.39, 0.29) is 6.61 Å². The molecular weight excluding hydrogens is 234 g/mol. The van der Waals surface area contributed by atoms with E-state index in [4.69, 9.17) is 9.84 Å². The molecule has 4 atom stereocenters. The molecule has 100 valence electrons. The lowest BCUT2D eigenvalue weighted by Crippen LogP contribution is -2.61. The van der Waals surface area contributed by atoms with E-state index in [1.165, 1.54) is 0 Å². The predicted octanol–water partition coefficient (Wildman–Crippen LogP) is -0.742. The maximum absolute atomic E-state index is 9.89. The van der Waals surface area contributed by atoms with Gasteiger partial charge in [-0.1, -0.05) is 30.3 Å². The Hall–Kier alpha value is -0.980. The summed E-state index contributed by atoms with van der Waals surface area (Å²) in [5, 5.41) is 31.6. The van der Waals surface area contributed by atoms with Gasteiger partial charge in [0, 0.05) is 6.54 Å². The highest BCUT2D eigenvalue weighted by Gasteiger charge is 2.37. The Kier molecular flexibility index (Phi) is 4.68. The number of aliphatic hydroxyl groups is 3. The zero-order chi connectivity index (χ0) is 13.0. The molecule has 5 heteroatoms. The molecule has 4 N–H and O–H groups in total. The second kappa shape index (κ2) is 6.26. The molecule has 0 amide bonds. The smallest absolute Gasteiger partial charge is 0.109 e. The van der Waals surface area contributed by atoms with Crippen LogP contribution in [0.15, 0.2) is 30.3 Å². The first-order valence-corrected chi connectivity index (χ1v) is 6.08. The van der Waals surface area contributed by atoms with E-state index in [2.05, 4.69) is 5.32 Å². The molecule has 0 aromatic heterocycles. The maximum Gasteiger partial charge on any atom is 0.109 e. The third-order valence-corrected chi connectivity index (χ3v) is 3.23. The minimum absolute atomic E-state index is 0.205. The number of nitrogens with one attached hydrogen (secondary N) is 1. The number of hydrogen-bond donors (Lipinski definition) is 4. The third-order valence-electron chi connectivity index (χ3n) is 3.23. The van der Waals surface area contributed by atoms with Gasteiger partial charge in [-0.15, -0.1) is 0 Å². The van der Waals surface area contributed by atoms with Crippen LogP contribution in [0.2, 0.25) is 0 Å². The second-order valence-corrected chi connectivity index (χ2v) is 4.51. The number of piperidine rings is 1. The SMILES string of the molecule is OCC1NCC(OCc2ccccc2)C(O)C1O. The zero-order valence-corrected chi connectivity index (χ0v) is 10.1. The molecule has 1 heterocycles. The molecule has 1 aliphatic rings. The van der Waals surface area contributed by atoms with Crippen LogP contribution in [0.4, 0.5) is 0 Å². The lowest BCUT2D eigenvalue weighted by atomic mass is 9.96. The molecule has 1 aromatic rings. The molecule has 1 aromatic carbocycles. The summed E-state index contributed by atoms with van der Waals surface area (Å²) in [6.07, 6.45) is -2.46. The average molecular weight is 253 g/mol. The Morgan fingerprint density at radius 1 is 1.17 bits per heavy atom. The highest BCUT2D eigenvalue weighted by molar-refractivity contribution is 5.13. The number of aliphatic hydroxyl groups excluding tert-OH is 3. The highest BCUT2D eigenvalue weighted by Crippen LogP contribution is 2.15. The van der Waals surface area contributed by atoms with Crippen LogP contribution in [-0.2, 0) is 11.3 Å². The molecular formula is C13H19NO4. The van der Waals surface area contributed by atoms with E-state index < -0.39 is 24.4 Å². The summed E-state index contributed by atoms with van der Waals surface area (Å²) in [6.45, 7) is 0.598. The molecule has 1 saturated heterocycles. The normalized spacial score (nSPS) is 32.4. The Morgan fingerprint density at radius 3 is 2.56 bits per heavy atom. The first kappa shape index (κ1) is 13.5. The maximum atomic E-state index is 9.89. The standard InChI is InChI=1S/C13H19NO4/c15-7-10-12(16)13(17)11(6-14-10)18-8-9-4-2-1-3-5-9/h1-5,10-17H,6-8H2. The van der Waals surface area contributed by atoms with E-state index >= 15 is 0 Å². The van der Waals surface area contributed by atoms with Gasteiger partial charge < -0.3 is 25.4 Å². The molecule has 1 aliphatic heterocycles. The van der Waals surface area contributed by atoms with Crippen LogP contribution in [0.1, 0.15) is 5.56 Å². The average Bonchev–Trinajstić information content (AvgIpc) is 2.42. The monoisotopic (exact) mass is 253 g/mol. The summed E-state index contributed by atoms with van der Waals surface area (Å²) >= 11 is 0. The number of benzene rings is 1. The van der Waals surface area contributed by atoms with Gasteiger partial charge in [-0.05, 0) is 5.56 Å². The van der Waals surface area contributed by atoms with Crippen molar-refractivity contribution in [1.29, 1.82) is 0 Å². The van der Waals surface area contributed by atoms with Gasteiger partial charge in [-0.25, -0.2) is 0 Å². The van der Waals surface area contributed by atoms with Crippen LogP contribution in [0.3, 0.4) is 0 Å². The fourth-order valence-corrected chi connectivity index (χ4v) is 2.07. The Balaban J connectivity index is 1.87. The molecule has 0 aliphatic carbocycles. The predicted molar refractivity (Wildman–Crippen MR) is 65.9 cm³/mol. The number of rotatable bonds is 4.